The van der Waals surface area contributed by atoms with E-state index in [1.165, 1.54) is 4.90 Å². The first-order chi connectivity index (χ1) is 9.38. The molecule has 1 aromatic carbocycles. The van der Waals surface area contributed by atoms with Crippen LogP contribution in [0.2, 0.25) is 10.0 Å². The van der Waals surface area contributed by atoms with E-state index in [1.807, 2.05) is 6.92 Å². The minimum atomic E-state index is -0.933. The molecule has 6 heteroatoms. The van der Waals surface area contributed by atoms with Crippen LogP contribution in [0.1, 0.15) is 31.4 Å². The van der Waals surface area contributed by atoms with Gasteiger partial charge in [0.05, 0.1) is 6.04 Å². The SMILES string of the molecule is CC1CCC(c2cc(Cl)cc(Cl)c2)N(C(=O)C(N)=O)C1. The van der Waals surface area contributed by atoms with E-state index in [4.69, 9.17) is 28.9 Å². The first-order valence-corrected chi connectivity index (χ1v) is 7.20. The van der Waals surface area contributed by atoms with Crippen molar-refractivity contribution in [2.45, 2.75) is 25.8 Å². The van der Waals surface area contributed by atoms with Gasteiger partial charge in [0.15, 0.2) is 0 Å². The van der Waals surface area contributed by atoms with Gasteiger partial charge in [-0.3, -0.25) is 9.59 Å². The molecule has 0 aliphatic carbocycles. The molecule has 1 saturated heterocycles. The van der Waals surface area contributed by atoms with Crippen LogP contribution < -0.4 is 5.73 Å². The molecule has 1 heterocycles. The lowest BCUT2D eigenvalue weighted by atomic mass is 9.90. The molecular weight excluding hydrogens is 299 g/mol. The molecule has 1 aliphatic heterocycles. The van der Waals surface area contributed by atoms with Crippen LogP contribution in [0.5, 0.6) is 0 Å². The zero-order valence-electron chi connectivity index (χ0n) is 11.1. The van der Waals surface area contributed by atoms with Gasteiger partial charge in [0.1, 0.15) is 0 Å². The number of primary amides is 1. The van der Waals surface area contributed by atoms with Crippen LogP contribution in [-0.2, 0) is 9.59 Å². The molecular formula is C14H16Cl2N2O2. The third-order valence-corrected chi connectivity index (χ3v) is 4.00. The van der Waals surface area contributed by atoms with Crippen LogP contribution in [0.4, 0.5) is 0 Å². The number of nitrogens with two attached hydrogens (primary N) is 1. The zero-order chi connectivity index (χ0) is 14.9. The molecule has 0 bridgehead atoms. The second-order valence-corrected chi connectivity index (χ2v) is 6.10. The van der Waals surface area contributed by atoms with Crippen molar-refractivity contribution >= 4 is 35.0 Å². The number of piperidine rings is 1. The molecule has 2 amide bonds. The van der Waals surface area contributed by atoms with Gasteiger partial charge in [-0.2, -0.15) is 0 Å². The molecule has 4 nitrogen and oxygen atoms in total. The molecule has 1 fully saturated rings. The standard InChI is InChI=1S/C14H16Cl2N2O2/c1-8-2-3-12(18(7-8)14(20)13(17)19)9-4-10(15)6-11(16)5-9/h4-6,8,12H,2-3,7H2,1H3,(H2,17,19). The highest BCUT2D eigenvalue weighted by Crippen LogP contribution is 2.35. The molecule has 2 atom stereocenters. The number of carbonyl (C=O) groups excluding carboxylic acids is 2. The Morgan fingerprint density at radius 3 is 2.35 bits per heavy atom. The van der Waals surface area contributed by atoms with Crippen LogP contribution >= 0.6 is 23.2 Å². The Morgan fingerprint density at radius 2 is 1.80 bits per heavy atom. The third kappa shape index (κ3) is 3.25. The van der Waals surface area contributed by atoms with Gasteiger partial charge in [0.2, 0.25) is 0 Å². The summed E-state index contributed by atoms with van der Waals surface area (Å²) in [7, 11) is 0. The Balaban J connectivity index is 2.35. The molecule has 108 valence electrons. The van der Waals surface area contributed by atoms with Crippen LogP contribution in [0.25, 0.3) is 0 Å². The van der Waals surface area contributed by atoms with Crippen molar-refractivity contribution in [1.29, 1.82) is 0 Å². The van der Waals surface area contributed by atoms with Crippen LogP contribution in [0.3, 0.4) is 0 Å². The average Bonchev–Trinajstić information content (AvgIpc) is 2.36. The summed E-state index contributed by atoms with van der Waals surface area (Å²) >= 11 is 12.0. The minimum Gasteiger partial charge on any atom is -0.361 e. The number of hydrogen-bond donors (Lipinski definition) is 1. The van der Waals surface area contributed by atoms with Gasteiger partial charge >= 0.3 is 11.8 Å². The van der Waals surface area contributed by atoms with Crippen molar-refractivity contribution in [3.63, 3.8) is 0 Å². The van der Waals surface area contributed by atoms with E-state index in [2.05, 4.69) is 0 Å². The summed E-state index contributed by atoms with van der Waals surface area (Å²) in [6, 6.07) is 4.98. The second kappa shape index (κ2) is 6.02. The number of amides is 2. The first-order valence-electron chi connectivity index (χ1n) is 6.45. The van der Waals surface area contributed by atoms with Crippen molar-refractivity contribution in [2.24, 2.45) is 11.7 Å². The Kier molecular flexibility index (Phi) is 4.55. The van der Waals surface area contributed by atoms with E-state index in [0.717, 1.165) is 18.4 Å². The molecule has 0 radical (unpaired) electrons. The number of carbonyl (C=O) groups is 2. The van der Waals surface area contributed by atoms with Gasteiger partial charge in [-0.1, -0.05) is 30.1 Å². The van der Waals surface area contributed by atoms with Crippen molar-refractivity contribution in [3.8, 4) is 0 Å². The predicted molar refractivity (Wildman–Crippen MR) is 78.5 cm³/mol. The molecule has 2 rings (SSSR count). The molecule has 0 aromatic heterocycles. The normalized spacial score (nSPS) is 22.6. The summed E-state index contributed by atoms with van der Waals surface area (Å²) < 4.78 is 0. The van der Waals surface area contributed by atoms with Crippen LogP contribution in [0, 0.1) is 5.92 Å². The topological polar surface area (TPSA) is 63.4 Å². The number of benzene rings is 1. The minimum absolute atomic E-state index is 0.206. The molecule has 1 aromatic rings. The molecule has 20 heavy (non-hydrogen) atoms. The average molecular weight is 315 g/mol. The number of likely N-dealkylation sites (tertiary alicyclic amines) is 1. The highest BCUT2D eigenvalue weighted by molar-refractivity contribution is 6.35. The number of hydrogen-bond acceptors (Lipinski definition) is 2. The van der Waals surface area contributed by atoms with Crippen LogP contribution in [0.15, 0.2) is 18.2 Å². The molecule has 2 unspecified atom stereocenters. The predicted octanol–water partition coefficient (Wildman–Crippen LogP) is 2.78. The van der Waals surface area contributed by atoms with E-state index in [1.54, 1.807) is 18.2 Å². The lowest BCUT2D eigenvalue weighted by molar-refractivity contribution is -0.147. The maximum absolute atomic E-state index is 12.0. The maximum atomic E-state index is 12.0. The summed E-state index contributed by atoms with van der Waals surface area (Å²) in [5.74, 6) is -1.25. The van der Waals surface area contributed by atoms with E-state index < -0.39 is 11.8 Å². The monoisotopic (exact) mass is 314 g/mol. The maximum Gasteiger partial charge on any atom is 0.312 e. The van der Waals surface area contributed by atoms with Crippen molar-refractivity contribution in [3.05, 3.63) is 33.8 Å². The van der Waals surface area contributed by atoms with Crippen molar-refractivity contribution in [1.82, 2.24) is 4.90 Å². The Bertz CT molecular complexity index is 528. The first kappa shape index (κ1) is 15.1. The fraction of sp³-hybridized carbons (Fsp3) is 0.429. The Labute approximate surface area is 127 Å². The number of rotatable bonds is 1. The highest BCUT2D eigenvalue weighted by atomic mass is 35.5. The van der Waals surface area contributed by atoms with E-state index in [0.29, 0.717) is 22.5 Å². The summed E-state index contributed by atoms with van der Waals surface area (Å²) in [4.78, 5) is 24.7. The molecule has 0 saturated carbocycles. The van der Waals surface area contributed by atoms with Crippen molar-refractivity contribution in [2.75, 3.05) is 6.54 Å². The molecule has 2 N–H and O–H groups in total. The largest absolute Gasteiger partial charge is 0.361 e. The third-order valence-electron chi connectivity index (χ3n) is 3.56. The summed E-state index contributed by atoms with van der Waals surface area (Å²) in [5, 5.41) is 1.02. The van der Waals surface area contributed by atoms with Crippen molar-refractivity contribution < 1.29 is 9.59 Å². The van der Waals surface area contributed by atoms with E-state index in [-0.39, 0.29) is 6.04 Å². The quantitative estimate of drug-likeness (QED) is 0.810. The lowest BCUT2D eigenvalue weighted by Gasteiger charge is -2.38. The Hall–Kier alpha value is -1.26. The van der Waals surface area contributed by atoms with Gasteiger partial charge in [-0.05, 0) is 42.5 Å². The molecule has 1 aliphatic rings. The fourth-order valence-electron chi connectivity index (χ4n) is 2.63. The van der Waals surface area contributed by atoms with Gasteiger partial charge in [0.25, 0.3) is 0 Å². The van der Waals surface area contributed by atoms with Crippen LogP contribution in [-0.4, -0.2) is 23.3 Å². The number of nitrogens with zero attached hydrogens (tertiary/aromatic N) is 1. The summed E-state index contributed by atoms with van der Waals surface area (Å²) in [6.07, 6.45) is 1.73. The second-order valence-electron chi connectivity index (χ2n) is 5.22. The van der Waals surface area contributed by atoms with E-state index in [9.17, 15) is 9.59 Å². The zero-order valence-corrected chi connectivity index (χ0v) is 12.6. The van der Waals surface area contributed by atoms with Gasteiger partial charge in [-0.15, -0.1) is 0 Å². The highest BCUT2D eigenvalue weighted by Gasteiger charge is 2.33. The smallest absolute Gasteiger partial charge is 0.312 e. The van der Waals surface area contributed by atoms with Gasteiger partial charge in [-0.25, -0.2) is 0 Å². The summed E-state index contributed by atoms with van der Waals surface area (Å²) in [6.45, 7) is 2.55. The van der Waals surface area contributed by atoms with Gasteiger partial charge < -0.3 is 10.6 Å². The lowest BCUT2D eigenvalue weighted by Crippen LogP contribution is -2.46. The number of halogens is 2. The molecule has 0 spiro atoms. The summed E-state index contributed by atoms with van der Waals surface area (Å²) in [5.41, 5.74) is 5.97. The van der Waals surface area contributed by atoms with E-state index >= 15 is 0 Å². The van der Waals surface area contributed by atoms with Gasteiger partial charge in [0, 0.05) is 16.6 Å². The fourth-order valence-corrected chi connectivity index (χ4v) is 3.18. The Morgan fingerprint density at radius 1 is 1.20 bits per heavy atom.